The van der Waals surface area contributed by atoms with Crippen molar-refractivity contribution in [2.45, 2.75) is 31.9 Å². The Hall–Kier alpha value is -2.64. The highest BCUT2D eigenvalue weighted by Crippen LogP contribution is 2.41. The second-order valence-electron chi connectivity index (χ2n) is 6.19. The van der Waals surface area contributed by atoms with Crippen molar-refractivity contribution in [1.29, 1.82) is 0 Å². The number of halogens is 3. The number of ether oxygens (including phenoxy) is 1. The third-order valence-electron chi connectivity index (χ3n) is 4.40. The fraction of sp³-hybridized carbons (Fsp3) is 0.389. The zero-order valence-corrected chi connectivity index (χ0v) is 13.9. The smallest absolute Gasteiger partial charge is 0.392 e. The van der Waals surface area contributed by atoms with Crippen molar-refractivity contribution in [3.05, 3.63) is 42.7 Å². The van der Waals surface area contributed by atoms with Crippen LogP contribution in [-0.4, -0.2) is 22.1 Å². The van der Waals surface area contributed by atoms with Gasteiger partial charge in [0.05, 0.1) is 5.92 Å². The number of alkyl halides is 3. The van der Waals surface area contributed by atoms with Gasteiger partial charge in [0.2, 0.25) is 5.91 Å². The second kappa shape index (κ2) is 7.72. The van der Waals surface area contributed by atoms with Gasteiger partial charge in [-0.1, -0.05) is 12.8 Å². The molecule has 1 aromatic heterocycles. The summed E-state index contributed by atoms with van der Waals surface area (Å²) in [6.07, 6.45) is 0.121. The Balaban J connectivity index is 1.63. The molecular weight excluding hydrogens is 347 g/mol. The van der Waals surface area contributed by atoms with Crippen LogP contribution in [0.5, 0.6) is 11.8 Å². The Morgan fingerprint density at radius 3 is 2.38 bits per heavy atom. The summed E-state index contributed by atoms with van der Waals surface area (Å²) in [4.78, 5) is 20.2. The molecule has 0 aliphatic heterocycles. The number of benzene rings is 1. The fourth-order valence-corrected chi connectivity index (χ4v) is 3.12. The number of amides is 1. The first kappa shape index (κ1) is 18.2. The summed E-state index contributed by atoms with van der Waals surface area (Å²) in [5.74, 6) is -2.75. The Morgan fingerprint density at radius 2 is 1.73 bits per heavy atom. The molecule has 2 aromatic rings. The monoisotopic (exact) mass is 365 g/mol. The van der Waals surface area contributed by atoms with E-state index in [0.29, 0.717) is 24.3 Å². The van der Waals surface area contributed by atoms with Crippen molar-refractivity contribution in [2.24, 2.45) is 11.8 Å². The van der Waals surface area contributed by atoms with Crippen LogP contribution >= 0.6 is 0 Å². The highest BCUT2D eigenvalue weighted by molar-refractivity contribution is 5.92. The summed E-state index contributed by atoms with van der Waals surface area (Å²) < 4.78 is 44.9. The summed E-state index contributed by atoms with van der Waals surface area (Å²) in [5.41, 5.74) is 0.419. The lowest BCUT2D eigenvalue weighted by molar-refractivity contribution is -0.197. The maximum Gasteiger partial charge on any atom is 0.392 e. The number of anilines is 1. The second-order valence-corrected chi connectivity index (χ2v) is 6.19. The van der Waals surface area contributed by atoms with Gasteiger partial charge in [0.1, 0.15) is 5.75 Å². The van der Waals surface area contributed by atoms with E-state index in [4.69, 9.17) is 4.74 Å². The SMILES string of the molecule is O=C(Nc1ccc(Oc2ncccn2)cc1)[C@@H]1CCCC[C@@H]1C(F)(F)F. The number of carbonyl (C=O) groups excluding carboxylic acids is 1. The van der Waals surface area contributed by atoms with E-state index in [2.05, 4.69) is 15.3 Å². The molecule has 138 valence electrons. The summed E-state index contributed by atoms with van der Waals surface area (Å²) in [7, 11) is 0. The van der Waals surface area contributed by atoms with E-state index in [9.17, 15) is 18.0 Å². The van der Waals surface area contributed by atoms with Crippen LogP contribution < -0.4 is 10.1 Å². The maximum absolute atomic E-state index is 13.1. The molecule has 1 aliphatic rings. The van der Waals surface area contributed by atoms with E-state index in [-0.39, 0.29) is 18.9 Å². The van der Waals surface area contributed by atoms with Gasteiger partial charge in [-0.3, -0.25) is 4.79 Å². The minimum atomic E-state index is -4.35. The molecule has 1 aliphatic carbocycles. The molecule has 0 spiro atoms. The van der Waals surface area contributed by atoms with E-state index in [1.165, 1.54) is 12.4 Å². The highest BCUT2D eigenvalue weighted by atomic mass is 19.4. The molecule has 0 saturated heterocycles. The molecule has 1 aromatic carbocycles. The minimum absolute atomic E-state index is 0.00540. The third-order valence-corrected chi connectivity index (χ3v) is 4.40. The van der Waals surface area contributed by atoms with Gasteiger partial charge in [-0.15, -0.1) is 0 Å². The summed E-state index contributed by atoms with van der Waals surface area (Å²) >= 11 is 0. The van der Waals surface area contributed by atoms with Crippen molar-refractivity contribution >= 4 is 11.6 Å². The average Bonchev–Trinajstić information content (AvgIpc) is 2.63. The van der Waals surface area contributed by atoms with Crippen LogP contribution in [0.15, 0.2) is 42.7 Å². The first-order valence-corrected chi connectivity index (χ1v) is 8.36. The quantitative estimate of drug-likeness (QED) is 0.862. The van der Waals surface area contributed by atoms with Gasteiger partial charge in [-0.2, -0.15) is 13.2 Å². The van der Waals surface area contributed by atoms with Crippen molar-refractivity contribution in [1.82, 2.24) is 9.97 Å². The molecule has 0 unspecified atom stereocenters. The van der Waals surface area contributed by atoms with E-state index in [1.807, 2.05) is 0 Å². The standard InChI is InChI=1S/C18H18F3N3O2/c19-18(20,21)15-5-2-1-4-14(15)16(25)24-12-6-8-13(9-7-12)26-17-22-10-3-11-23-17/h3,6-11,14-15H,1-2,4-5H2,(H,24,25)/t14-,15+/m1/s1. The molecule has 0 radical (unpaired) electrons. The minimum Gasteiger partial charge on any atom is -0.424 e. The molecule has 5 nitrogen and oxygen atoms in total. The molecule has 1 heterocycles. The number of nitrogens with zero attached hydrogens (tertiary/aromatic N) is 2. The largest absolute Gasteiger partial charge is 0.424 e. The summed E-state index contributed by atoms with van der Waals surface area (Å²) in [6, 6.07) is 8.16. The van der Waals surface area contributed by atoms with E-state index >= 15 is 0 Å². The molecule has 1 N–H and O–H groups in total. The molecule has 8 heteroatoms. The first-order valence-electron chi connectivity index (χ1n) is 8.36. The summed E-state index contributed by atoms with van der Waals surface area (Å²) in [6.45, 7) is 0. The van der Waals surface area contributed by atoms with Gasteiger partial charge in [0, 0.05) is 24.0 Å². The number of hydrogen-bond donors (Lipinski definition) is 1. The summed E-state index contributed by atoms with van der Waals surface area (Å²) in [5, 5.41) is 2.58. The number of rotatable bonds is 4. The lowest BCUT2D eigenvalue weighted by atomic mass is 9.78. The molecule has 3 rings (SSSR count). The average molecular weight is 365 g/mol. The molecule has 0 bridgehead atoms. The Morgan fingerprint density at radius 1 is 1.08 bits per heavy atom. The molecule has 1 fully saturated rings. The van der Waals surface area contributed by atoms with Crippen LogP contribution in [0.3, 0.4) is 0 Å². The Kier molecular flexibility index (Phi) is 5.39. The van der Waals surface area contributed by atoms with Crippen molar-refractivity contribution in [3.8, 4) is 11.8 Å². The zero-order chi connectivity index (χ0) is 18.6. The van der Waals surface area contributed by atoms with Crippen LogP contribution in [0.2, 0.25) is 0 Å². The number of nitrogens with one attached hydrogen (secondary N) is 1. The lowest BCUT2D eigenvalue weighted by Gasteiger charge is -2.31. The van der Waals surface area contributed by atoms with E-state index in [1.54, 1.807) is 30.3 Å². The highest BCUT2D eigenvalue weighted by Gasteiger charge is 2.48. The van der Waals surface area contributed by atoms with Crippen LogP contribution in [0.4, 0.5) is 18.9 Å². The predicted octanol–water partition coefficient (Wildman–Crippen LogP) is 4.58. The van der Waals surface area contributed by atoms with Gasteiger partial charge >= 0.3 is 12.2 Å². The van der Waals surface area contributed by atoms with Gasteiger partial charge in [-0.25, -0.2) is 9.97 Å². The van der Waals surface area contributed by atoms with Gasteiger partial charge in [0.25, 0.3) is 0 Å². The van der Waals surface area contributed by atoms with E-state index in [0.717, 1.165) is 0 Å². The van der Waals surface area contributed by atoms with Crippen LogP contribution in [0.25, 0.3) is 0 Å². The van der Waals surface area contributed by atoms with Gasteiger partial charge < -0.3 is 10.1 Å². The van der Waals surface area contributed by atoms with Gasteiger partial charge in [0.15, 0.2) is 0 Å². The van der Waals surface area contributed by atoms with E-state index < -0.39 is 23.9 Å². The zero-order valence-electron chi connectivity index (χ0n) is 13.9. The molecule has 2 atom stereocenters. The van der Waals surface area contributed by atoms with Crippen LogP contribution in [0, 0.1) is 11.8 Å². The normalized spacial score (nSPS) is 20.4. The van der Waals surface area contributed by atoms with Crippen molar-refractivity contribution < 1.29 is 22.7 Å². The fourth-order valence-electron chi connectivity index (χ4n) is 3.12. The maximum atomic E-state index is 13.1. The topological polar surface area (TPSA) is 64.1 Å². The first-order chi connectivity index (χ1) is 12.4. The van der Waals surface area contributed by atoms with Crippen LogP contribution in [0.1, 0.15) is 25.7 Å². The molecule has 26 heavy (non-hydrogen) atoms. The van der Waals surface area contributed by atoms with Crippen molar-refractivity contribution in [3.63, 3.8) is 0 Å². The number of aromatic nitrogens is 2. The molecule has 1 amide bonds. The van der Waals surface area contributed by atoms with Crippen molar-refractivity contribution in [2.75, 3.05) is 5.32 Å². The van der Waals surface area contributed by atoms with Crippen LogP contribution in [-0.2, 0) is 4.79 Å². The molecular formula is C18H18F3N3O2. The predicted molar refractivity (Wildman–Crippen MR) is 88.7 cm³/mol. The third kappa shape index (κ3) is 4.50. The Labute approximate surface area is 148 Å². The lowest BCUT2D eigenvalue weighted by Crippen LogP contribution is -2.39. The molecule has 1 saturated carbocycles. The Bertz CT molecular complexity index is 736. The van der Waals surface area contributed by atoms with Gasteiger partial charge in [-0.05, 0) is 43.2 Å². The number of hydrogen-bond acceptors (Lipinski definition) is 4. The number of carbonyl (C=O) groups is 1.